The van der Waals surface area contributed by atoms with E-state index in [4.69, 9.17) is 5.73 Å². The van der Waals surface area contributed by atoms with E-state index in [1.54, 1.807) is 0 Å². The van der Waals surface area contributed by atoms with Gasteiger partial charge in [0.2, 0.25) is 0 Å². The van der Waals surface area contributed by atoms with Crippen molar-refractivity contribution in [3.05, 3.63) is 0 Å². The Morgan fingerprint density at radius 2 is 2.13 bits per heavy atom. The number of piperidine rings is 1. The van der Waals surface area contributed by atoms with Crippen LogP contribution in [0.15, 0.2) is 0 Å². The van der Waals surface area contributed by atoms with Gasteiger partial charge >= 0.3 is 0 Å². The van der Waals surface area contributed by atoms with Crippen molar-refractivity contribution in [3.8, 4) is 0 Å². The minimum Gasteiger partial charge on any atom is -0.330 e. The molecule has 1 unspecified atom stereocenters. The Hall–Kier alpha value is -0.0800. The van der Waals surface area contributed by atoms with Gasteiger partial charge in [-0.05, 0) is 50.6 Å². The molecule has 2 rings (SSSR count). The highest BCUT2D eigenvalue weighted by Gasteiger charge is 2.43. The second-order valence-electron chi connectivity index (χ2n) is 5.61. The standard InChI is InChI=1S/C13H26N2/c1-2-5-12-6-3-4-9-15(12)11-13(10-14)7-8-13/h12H,2-11,14H2,1H3. The van der Waals surface area contributed by atoms with E-state index < -0.39 is 0 Å². The summed E-state index contributed by atoms with van der Waals surface area (Å²) < 4.78 is 0. The molecule has 88 valence electrons. The largest absolute Gasteiger partial charge is 0.330 e. The molecule has 1 saturated carbocycles. The van der Waals surface area contributed by atoms with Gasteiger partial charge < -0.3 is 5.73 Å². The van der Waals surface area contributed by atoms with Crippen LogP contribution in [-0.4, -0.2) is 30.6 Å². The van der Waals surface area contributed by atoms with Crippen molar-refractivity contribution < 1.29 is 0 Å². The summed E-state index contributed by atoms with van der Waals surface area (Å²) in [6.45, 7) is 5.82. The van der Waals surface area contributed by atoms with Crippen LogP contribution in [0.2, 0.25) is 0 Å². The summed E-state index contributed by atoms with van der Waals surface area (Å²) >= 11 is 0. The molecule has 1 atom stereocenters. The van der Waals surface area contributed by atoms with Gasteiger partial charge in [0.25, 0.3) is 0 Å². The van der Waals surface area contributed by atoms with E-state index in [-0.39, 0.29) is 0 Å². The molecule has 0 amide bonds. The van der Waals surface area contributed by atoms with Gasteiger partial charge in [-0.25, -0.2) is 0 Å². The van der Waals surface area contributed by atoms with E-state index in [9.17, 15) is 0 Å². The first-order chi connectivity index (χ1) is 7.29. The van der Waals surface area contributed by atoms with Gasteiger partial charge in [0.05, 0.1) is 0 Å². The second kappa shape index (κ2) is 4.84. The van der Waals surface area contributed by atoms with Crippen molar-refractivity contribution >= 4 is 0 Å². The van der Waals surface area contributed by atoms with Crippen molar-refractivity contribution in [2.24, 2.45) is 11.1 Å². The van der Waals surface area contributed by atoms with Crippen LogP contribution in [0.3, 0.4) is 0 Å². The highest BCUT2D eigenvalue weighted by Crippen LogP contribution is 2.46. The Balaban J connectivity index is 1.87. The summed E-state index contributed by atoms with van der Waals surface area (Å²) in [4.78, 5) is 2.74. The van der Waals surface area contributed by atoms with Gasteiger partial charge in [-0.3, -0.25) is 4.90 Å². The van der Waals surface area contributed by atoms with Crippen molar-refractivity contribution in [1.29, 1.82) is 0 Å². The summed E-state index contributed by atoms with van der Waals surface area (Å²) in [5.41, 5.74) is 6.41. The first-order valence-corrected chi connectivity index (χ1v) is 6.74. The molecule has 0 radical (unpaired) electrons. The number of rotatable bonds is 5. The van der Waals surface area contributed by atoms with Gasteiger partial charge in [-0.15, -0.1) is 0 Å². The lowest BCUT2D eigenvalue weighted by atomic mass is 9.95. The molecular formula is C13H26N2. The van der Waals surface area contributed by atoms with E-state index in [2.05, 4.69) is 11.8 Å². The van der Waals surface area contributed by atoms with Crippen LogP contribution in [0, 0.1) is 5.41 Å². The van der Waals surface area contributed by atoms with Gasteiger partial charge in [0.15, 0.2) is 0 Å². The molecule has 1 aliphatic heterocycles. The average Bonchev–Trinajstić information content (AvgIpc) is 3.02. The number of likely N-dealkylation sites (tertiary alicyclic amines) is 1. The zero-order valence-electron chi connectivity index (χ0n) is 10.2. The minimum absolute atomic E-state index is 0.531. The predicted octanol–water partition coefficient (Wildman–Crippen LogP) is 2.38. The lowest BCUT2D eigenvalue weighted by molar-refractivity contribution is 0.113. The molecule has 0 aromatic carbocycles. The first-order valence-electron chi connectivity index (χ1n) is 6.74. The third-order valence-corrected chi connectivity index (χ3v) is 4.30. The van der Waals surface area contributed by atoms with Crippen LogP contribution >= 0.6 is 0 Å². The topological polar surface area (TPSA) is 29.3 Å². The number of hydrogen-bond donors (Lipinski definition) is 1. The highest BCUT2D eigenvalue weighted by atomic mass is 15.2. The summed E-state index contributed by atoms with van der Waals surface area (Å²) in [5, 5.41) is 0. The van der Waals surface area contributed by atoms with Crippen molar-refractivity contribution in [2.45, 2.75) is 57.9 Å². The highest BCUT2D eigenvalue weighted by molar-refractivity contribution is 4.97. The number of hydrogen-bond acceptors (Lipinski definition) is 2. The SMILES string of the molecule is CCCC1CCCCN1CC1(CN)CC1. The summed E-state index contributed by atoms with van der Waals surface area (Å²) in [7, 11) is 0. The molecular weight excluding hydrogens is 184 g/mol. The van der Waals surface area contributed by atoms with Gasteiger partial charge in [-0.1, -0.05) is 19.8 Å². The monoisotopic (exact) mass is 210 g/mol. The molecule has 0 aromatic heterocycles. The normalized spacial score (nSPS) is 30.4. The van der Waals surface area contributed by atoms with Crippen LogP contribution in [0.5, 0.6) is 0 Å². The fourth-order valence-corrected chi connectivity index (χ4v) is 2.96. The molecule has 1 aliphatic carbocycles. The Bertz CT molecular complexity index is 197. The molecule has 1 heterocycles. The van der Waals surface area contributed by atoms with E-state index in [0.29, 0.717) is 5.41 Å². The van der Waals surface area contributed by atoms with Crippen LogP contribution in [0.25, 0.3) is 0 Å². The zero-order chi connectivity index (χ0) is 10.7. The lowest BCUT2D eigenvalue weighted by Gasteiger charge is -2.38. The third kappa shape index (κ3) is 2.73. The zero-order valence-corrected chi connectivity index (χ0v) is 10.2. The van der Waals surface area contributed by atoms with Crippen molar-refractivity contribution in [2.75, 3.05) is 19.6 Å². The van der Waals surface area contributed by atoms with Gasteiger partial charge in [0, 0.05) is 12.6 Å². The van der Waals surface area contributed by atoms with E-state index in [1.807, 2.05) is 0 Å². The molecule has 2 aliphatic rings. The molecule has 0 bridgehead atoms. The predicted molar refractivity (Wildman–Crippen MR) is 64.8 cm³/mol. The van der Waals surface area contributed by atoms with E-state index >= 15 is 0 Å². The first kappa shape index (κ1) is 11.4. The van der Waals surface area contributed by atoms with Gasteiger partial charge in [-0.2, -0.15) is 0 Å². The molecule has 0 spiro atoms. The van der Waals surface area contributed by atoms with Crippen LogP contribution in [0.1, 0.15) is 51.9 Å². The van der Waals surface area contributed by atoms with Crippen molar-refractivity contribution in [3.63, 3.8) is 0 Å². The molecule has 1 saturated heterocycles. The Morgan fingerprint density at radius 1 is 1.33 bits per heavy atom. The quantitative estimate of drug-likeness (QED) is 0.755. The maximum atomic E-state index is 5.88. The summed E-state index contributed by atoms with van der Waals surface area (Å²) in [6, 6.07) is 0.868. The minimum atomic E-state index is 0.531. The second-order valence-corrected chi connectivity index (χ2v) is 5.61. The van der Waals surface area contributed by atoms with Crippen LogP contribution in [0.4, 0.5) is 0 Å². The fraction of sp³-hybridized carbons (Fsp3) is 1.00. The lowest BCUT2D eigenvalue weighted by Crippen LogP contribution is -2.44. The fourth-order valence-electron chi connectivity index (χ4n) is 2.96. The molecule has 2 N–H and O–H groups in total. The molecule has 0 aromatic rings. The van der Waals surface area contributed by atoms with E-state index in [1.165, 1.54) is 58.0 Å². The van der Waals surface area contributed by atoms with Crippen molar-refractivity contribution in [1.82, 2.24) is 4.90 Å². The molecule has 15 heavy (non-hydrogen) atoms. The number of nitrogens with two attached hydrogens (primary N) is 1. The number of nitrogens with zero attached hydrogens (tertiary/aromatic N) is 1. The maximum Gasteiger partial charge on any atom is 0.00954 e. The van der Waals surface area contributed by atoms with Crippen LogP contribution in [-0.2, 0) is 0 Å². The molecule has 2 heteroatoms. The smallest absolute Gasteiger partial charge is 0.00954 e. The average molecular weight is 210 g/mol. The third-order valence-electron chi connectivity index (χ3n) is 4.30. The summed E-state index contributed by atoms with van der Waals surface area (Å²) in [5.74, 6) is 0. The van der Waals surface area contributed by atoms with Crippen LogP contribution < -0.4 is 5.73 Å². The molecule has 2 nitrogen and oxygen atoms in total. The Labute approximate surface area is 94.2 Å². The Kier molecular flexibility index (Phi) is 3.68. The maximum absolute atomic E-state index is 5.88. The molecule has 2 fully saturated rings. The Morgan fingerprint density at radius 3 is 2.73 bits per heavy atom. The summed E-state index contributed by atoms with van der Waals surface area (Å²) in [6.07, 6.45) is 9.74. The van der Waals surface area contributed by atoms with E-state index in [0.717, 1.165) is 12.6 Å². The van der Waals surface area contributed by atoms with Gasteiger partial charge in [0.1, 0.15) is 0 Å².